The Bertz CT molecular complexity index is 1490. The molecule has 0 N–H and O–H groups in total. The van der Waals surface area contributed by atoms with Gasteiger partial charge in [0.2, 0.25) is 0 Å². The van der Waals surface area contributed by atoms with Gasteiger partial charge in [-0.05, 0) is 27.7 Å². The number of thiophene rings is 1. The summed E-state index contributed by atoms with van der Waals surface area (Å²) in [6.07, 6.45) is 8.60. The van der Waals surface area contributed by atoms with E-state index in [1.165, 1.54) is 76.8 Å². The first-order valence-electron chi connectivity index (χ1n) is 14.5. The molecule has 4 aromatic rings. The Balaban J connectivity index is 0.000000247. The van der Waals surface area contributed by atoms with Gasteiger partial charge in [0.1, 0.15) is 0 Å². The van der Waals surface area contributed by atoms with Gasteiger partial charge in [-0.15, -0.1) is 30.4 Å². The maximum absolute atomic E-state index is 3.53. The van der Waals surface area contributed by atoms with Crippen molar-refractivity contribution in [1.29, 1.82) is 0 Å². The fraction of sp³-hybridized carbons (Fsp3) is 0.308. The van der Waals surface area contributed by atoms with Crippen molar-refractivity contribution in [2.24, 2.45) is 5.92 Å². The third kappa shape index (κ3) is 10.1. The van der Waals surface area contributed by atoms with Crippen LogP contribution < -0.4 is 0 Å². The van der Waals surface area contributed by atoms with Gasteiger partial charge in [0.05, 0.1) is 0 Å². The molecule has 1 unspecified atom stereocenters. The summed E-state index contributed by atoms with van der Waals surface area (Å²) >= 11 is 3.29. The van der Waals surface area contributed by atoms with Crippen LogP contribution in [0.25, 0.3) is 16.7 Å². The molecule has 0 saturated heterocycles. The number of halogens is 2. The molecule has 43 heavy (non-hydrogen) atoms. The van der Waals surface area contributed by atoms with E-state index in [-0.39, 0.29) is 35.6 Å². The fourth-order valence-electron chi connectivity index (χ4n) is 4.86. The van der Waals surface area contributed by atoms with Gasteiger partial charge in [-0.3, -0.25) is 6.08 Å². The summed E-state index contributed by atoms with van der Waals surface area (Å²) in [5, 5.41) is 2.10. The molecular formula is C39H44Cl2SZr. The summed E-state index contributed by atoms with van der Waals surface area (Å²) in [6, 6.07) is 29.8. The van der Waals surface area contributed by atoms with Crippen LogP contribution in [0.15, 0.2) is 90.3 Å². The van der Waals surface area contributed by atoms with Gasteiger partial charge in [-0.1, -0.05) is 101 Å². The van der Waals surface area contributed by atoms with Crippen LogP contribution in [0.5, 0.6) is 0 Å². The van der Waals surface area contributed by atoms with E-state index < -0.39 is 0 Å². The fourth-order valence-corrected chi connectivity index (χ4v) is 5.99. The molecule has 0 radical (unpaired) electrons. The van der Waals surface area contributed by atoms with Crippen LogP contribution in [0.2, 0.25) is 0 Å². The van der Waals surface area contributed by atoms with Crippen molar-refractivity contribution in [2.45, 2.75) is 72.6 Å². The molecule has 2 aliphatic rings. The predicted molar refractivity (Wildman–Crippen MR) is 191 cm³/mol. The standard InChI is InChI=1S/C21H25.C10H9S.C8H8.2ClH.Zr/c1-20(2,3)16-9-7-14-11-15-8-10-17(21(4,5)6)13-19(15)18(14)12-16;1-8-4-5-9(7-8)10-3-2-6-11-10;1-2-8-6-4-3-5-7-8;;;/h7,9-10,12-13H,11H2,1-6H3;2-3,5-8H,1H3;3-7H,1H3;2*1H;/q2*-1;;;;+2. The number of hydrogen-bond acceptors (Lipinski definition) is 1. The molecule has 1 atom stereocenters. The van der Waals surface area contributed by atoms with Crippen LogP contribution in [0.3, 0.4) is 0 Å². The normalized spacial score (nSPS) is 14.5. The van der Waals surface area contributed by atoms with Crippen molar-refractivity contribution in [3.05, 3.63) is 135 Å². The van der Waals surface area contributed by atoms with Gasteiger partial charge in [-0.2, -0.15) is 52.3 Å². The third-order valence-corrected chi connectivity index (χ3v) is 9.10. The molecule has 1 heterocycles. The first kappa shape index (κ1) is 37.4. The molecule has 0 saturated carbocycles. The minimum Gasteiger partial charge on any atom is -0.147 e. The zero-order valence-corrected chi connectivity index (χ0v) is 31.6. The van der Waals surface area contributed by atoms with Crippen LogP contribution >= 0.6 is 36.2 Å². The van der Waals surface area contributed by atoms with Crippen LogP contribution in [0.4, 0.5) is 0 Å². The second kappa shape index (κ2) is 15.9. The Hall–Kier alpha value is -1.83. The summed E-state index contributed by atoms with van der Waals surface area (Å²) in [7, 11) is 0. The smallest absolute Gasteiger partial charge is 0.147 e. The van der Waals surface area contributed by atoms with E-state index in [0.29, 0.717) is 5.92 Å². The molecule has 0 aliphatic heterocycles. The zero-order chi connectivity index (χ0) is 29.8. The average Bonchev–Trinajstić information content (AvgIpc) is 3.68. The maximum atomic E-state index is 3.53. The Morgan fingerprint density at radius 3 is 2.00 bits per heavy atom. The molecule has 0 fully saturated rings. The Labute approximate surface area is 291 Å². The van der Waals surface area contributed by atoms with E-state index in [2.05, 4.69) is 152 Å². The second-order valence-corrected chi connectivity index (χ2v) is 15.8. The second-order valence-electron chi connectivity index (χ2n) is 13.0. The van der Waals surface area contributed by atoms with Gasteiger partial charge < -0.3 is 0 Å². The summed E-state index contributed by atoms with van der Waals surface area (Å²) in [6.45, 7) is 18.0. The Morgan fingerprint density at radius 2 is 1.49 bits per heavy atom. The first-order chi connectivity index (χ1) is 19.3. The van der Waals surface area contributed by atoms with Crippen LogP contribution in [0.1, 0.15) is 88.1 Å². The molecule has 0 bridgehead atoms. The van der Waals surface area contributed by atoms with Crippen molar-refractivity contribution >= 4 is 44.9 Å². The SMILES string of the molecule is CC(C)(C)c1c[c-]c2c(c1)-c1cc(C(C)(C)C)ccc1C2.CC1[C-]=CC(c2cccs2)=C1.C[C](=[Zr+2])c1ccccc1.Cl.Cl. The van der Waals surface area contributed by atoms with Crippen molar-refractivity contribution in [3.8, 4) is 11.1 Å². The Kier molecular flexibility index (Phi) is 13.9. The van der Waals surface area contributed by atoms with E-state index in [4.69, 9.17) is 0 Å². The van der Waals surface area contributed by atoms with Crippen LogP contribution in [-0.4, -0.2) is 3.21 Å². The Morgan fingerprint density at radius 1 is 0.837 bits per heavy atom. The maximum Gasteiger partial charge on any atom is -0.147 e. The summed E-state index contributed by atoms with van der Waals surface area (Å²) in [5.41, 5.74) is 11.5. The van der Waals surface area contributed by atoms with Crippen LogP contribution in [0, 0.1) is 18.1 Å². The first-order valence-corrected chi connectivity index (χ1v) is 16.6. The largest absolute Gasteiger partial charge is 0.147 e. The molecule has 224 valence electrons. The van der Waals surface area contributed by atoms with E-state index >= 15 is 0 Å². The molecule has 0 nitrogen and oxygen atoms in total. The van der Waals surface area contributed by atoms with Crippen molar-refractivity contribution in [3.63, 3.8) is 0 Å². The van der Waals surface area contributed by atoms with Gasteiger partial charge in [0.25, 0.3) is 0 Å². The molecule has 4 heteroatoms. The minimum atomic E-state index is 0. The zero-order valence-electron chi connectivity index (χ0n) is 26.7. The molecule has 6 rings (SSSR count). The number of fused-ring (bicyclic) bond motifs is 3. The molecule has 0 amide bonds. The van der Waals surface area contributed by atoms with Crippen LogP contribution in [-0.2, 0) is 41.5 Å². The van der Waals surface area contributed by atoms with Gasteiger partial charge in [0.15, 0.2) is 0 Å². The van der Waals surface area contributed by atoms with Gasteiger partial charge in [-0.25, -0.2) is 6.08 Å². The van der Waals surface area contributed by atoms with Gasteiger partial charge in [0, 0.05) is 0 Å². The number of rotatable bonds is 2. The monoisotopic (exact) mass is 704 g/mol. The number of allylic oxidation sites excluding steroid dienone is 4. The van der Waals surface area contributed by atoms with Crippen molar-refractivity contribution < 1.29 is 24.2 Å². The van der Waals surface area contributed by atoms with E-state index in [1.807, 2.05) is 6.07 Å². The van der Waals surface area contributed by atoms with E-state index in [0.717, 1.165) is 6.42 Å². The summed E-state index contributed by atoms with van der Waals surface area (Å²) in [5.74, 6) is 0.493. The summed E-state index contributed by atoms with van der Waals surface area (Å²) in [4.78, 5) is 1.35. The number of hydrogen-bond donors (Lipinski definition) is 0. The average molecular weight is 707 g/mol. The molecule has 0 spiro atoms. The topological polar surface area (TPSA) is 0 Å². The van der Waals surface area contributed by atoms with Crippen molar-refractivity contribution in [1.82, 2.24) is 0 Å². The van der Waals surface area contributed by atoms with Gasteiger partial charge >= 0.3 is 70.3 Å². The summed E-state index contributed by atoms with van der Waals surface area (Å²) < 4.78 is 1.46. The predicted octanol–water partition coefficient (Wildman–Crippen LogP) is 11.4. The molecule has 3 aromatic carbocycles. The number of benzene rings is 3. The van der Waals surface area contributed by atoms with Crippen molar-refractivity contribution in [2.75, 3.05) is 0 Å². The van der Waals surface area contributed by atoms with E-state index in [9.17, 15) is 0 Å². The molecule has 1 aromatic heterocycles. The molecular weight excluding hydrogens is 663 g/mol. The molecule has 2 aliphatic carbocycles. The third-order valence-electron chi connectivity index (χ3n) is 7.47. The quantitative estimate of drug-likeness (QED) is 0.160. The van der Waals surface area contributed by atoms with E-state index in [1.54, 1.807) is 11.3 Å². The minimum absolute atomic E-state index is 0.